The maximum absolute atomic E-state index is 5.82. The molecule has 2 rings (SSSR count). The third kappa shape index (κ3) is 2.04. The molecule has 1 fully saturated rings. The van der Waals surface area contributed by atoms with Crippen molar-refractivity contribution in [3.05, 3.63) is 10.6 Å². The highest BCUT2D eigenvalue weighted by atomic mass is 32.1. The van der Waals surface area contributed by atoms with Gasteiger partial charge in [0.2, 0.25) is 0 Å². The predicted octanol–water partition coefficient (Wildman–Crippen LogP) is 0.380. The monoisotopic (exact) mass is 198 g/mol. The average molecular weight is 198 g/mol. The molecule has 1 aliphatic rings. The van der Waals surface area contributed by atoms with Gasteiger partial charge >= 0.3 is 0 Å². The van der Waals surface area contributed by atoms with Crippen LogP contribution in [-0.4, -0.2) is 33.6 Å². The second-order valence-corrected chi connectivity index (χ2v) is 4.40. The summed E-state index contributed by atoms with van der Waals surface area (Å²) in [5, 5.41) is 3.99. The van der Waals surface area contributed by atoms with E-state index in [-0.39, 0.29) is 0 Å². The van der Waals surface area contributed by atoms with Crippen LogP contribution in [0.25, 0.3) is 0 Å². The largest absolute Gasteiger partial charge is 0.326 e. The molecule has 1 saturated heterocycles. The van der Waals surface area contributed by atoms with E-state index in [0.717, 1.165) is 31.7 Å². The molecular formula is C8H14N4S. The van der Waals surface area contributed by atoms with Crippen LogP contribution in [0.4, 0.5) is 0 Å². The van der Waals surface area contributed by atoms with Gasteiger partial charge in [-0.1, -0.05) is 4.49 Å². The van der Waals surface area contributed by atoms with Crippen LogP contribution < -0.4 is 5.73 Å². The Labute approximate surface area is 81.9 Å². The predicted molar refractivity (Wildman–Crippen MR) is 52.5 cm³/mol. The number of rotatable bonds is 2. The first-order chi connectivity index (χ1) is 6.25. The summed E-state index contributed by atoms with van der Waals surface area (Å²) < 4.78 is 3.92. The fourth-order valence-corrected chi connectivity index (χ4v) is 2.28. The fraction of sp³-hybridized carbons (Fsp3) is 0.750. The molecule has 0 spiro atoms. The maximum Gasteiger partial charge on any atom is 0.0769 e. The second kappa shape index (κ2) is 3.69. The van der Waals surface area contributed by atoms with Crippen LogP contribution in [0.5, 0.6) is 0 Å². The Morgan fingerprint density at radius 3 is 3.08 bits per heavy atom. The minimum Gasteiger partial charge on any atom is -0.326 e. The van der Waals surface area contributed by atoms with Gasteiger partial charge in [0.25, 0.3) is 0 Å². The average Bonchev–Trinajstić information content (AvgIpc) is 2.64. The van der Waals surface area contributed by atoms with Gasteiger partial charge in [-0.2, -0.15) is 0 Å². The standard InChI is InChI=1S/C8H14N4S/c1-6-8(13-11-10-6)5-12-3-2-7(9)4-12/h7H,2-5,9H2,1H3/t7-/m1/s1. The minimum atomic E-state index is 0.362. The van der Waals surface area contributed by atoms with E-state index in [0.29, 0.717) is 6.04 Å². The highest BCUT2D eigenvalue weighted by molar-refractivity contribution is 7.05. The quantitative estimate of drug-likeness (QED) is 0.746. The van der Waals surface area contributed by atoms with Crippen molar-refractivity contribution in [1.82, 2.24) is 14.5 Å². The fourth-order valence-electron chi connectivity index (χ4n) is 1.61. The lowest BCUT2D eigenvalue weighted by Gasteiger charge is -2.13. The van der Waals surface area contributed by atoms with Crippen molar-refractivity contribution in [1.29, 1.82) is 0 Å². The lowest BCUT2D eigenvalue weighted by Crippen LogP contribution is -2.26. The number of hydrogen-bond acceptors (Lipinski definition) is 5. The Bertz CT molecular complexity index is 285. The van der Waals surface area contributed by atoms with E-state index in [1.54, 1.807) is 0 Å². The van der Waals surface area contributed by atoms with Crippen molar-refractivity contribution in [3.8, 4) is 0 Å². The molecule has 0 amide bonds. The summed E-state index contributed by atoms with van der Waals surface area (Å²) >= 11 is 1.49. The van der Waals surface area contributed by atoms with Crippen LogP contribution >= 0.6 is 11.5 Å². The van der Waals surface area contributed by atoms with E-state index in [9.17, 15) is 0 Å². The van der Waals surface area contributed by atoms with E-state index >= 15 is 0 Å². The van der Waals surface area contributed by atoms with Gasteiger partial charge in [-0.05, 0) is 24.9 Å². The van der Waals surface area contributed by atoms with Gasteiger partial charge in [0.1, 0.15) is 0 Å². The zero-order valence-electron chi connectivity index (χ0n) is 7.73. The first-order valence-corrected chi connectivity index (χ1v) is 5.29. The molecule has 0 radical (unpaired) electrons. The highest BCUT2D eigenvalue weighted by Gasteiger charge is 2.20. The molecule has 0 aromatic carbocycles. The summed E-state index contributed by atoms with van der Waals surface area (Å²) in [5.41, 5.74) is 6.88. The maximum atomic E-state index is 5.82. The van der Waals surface area contributed by atoms with Gasteiger partial charge < -0.3 is 5.73 Å². The van der Waals surface area contributed by atoms with Gasteiger partial charge in [0.05, 0.1) is 10.6 Å². The molecule has 72 valence electrons. The number of aryl methyl sites for hydroxylation is 1. The van der Waals surface area contributed by atoms with Crippen molar-refractivity contribution >= 4 is 11.5 Å². The van der Waals surface area contributed by atoms with Crippen LogP contribution in [0.15, 0.2) is 0 Å². The Morgan fingerprint density at radius 1 is 1.69 bits per heavy atom. The Kier molecular flexibility index (Phi) is 2.57. The van der Waals surface area contributed by atoms with Gasteiger partial charge in [0.15, 0.2) is 0 Å². The summed E-state index contributed by atoms with van der Waals surface area (Å²) in [4.78, 5) is 3.64. The van der Waals surface area contributed by atoms with Crippen LogP contribution in [0.3, 0.4) is 0 Å². The van der Waals surface area contributed by atoms with Gasteiger partial charge in [-0.15, -0.1) is 5.10 Å². The first kappa shape index (κ1) is 9.05. The molecule has 2 heterocycles. The normalized spacial score (nSPS) is 24.0. The lowest BCUT2D eigenvalue weighted by molar-refractivity contribution is 0.329. The van der Waals surface area contributed by atoms with Crippen LogP contribution in [0, 0.1) is 6.92 Å². The SMILES string of the molecule is Cc1nnsc1CN1CC[C@@H](N)C1. The molecule has 13 heavy (non-hydrogen) atoms. The van der Waals surface area contributed by atoms with E-state index in [2.05, 4.69) is 14.5 Å². The van der Waals surface area contributed by atoms with E-state index in [4.69, 9.17) is 5.73 Å². The number of likely N-dealkylation sites (tertiary alicyclic amines) is 1. The summed E-state index contributed by atoms with van der Waals surface area (Å²) in [5.74, 6) is 0. The topological polar surface area (TPSA) is 55.0 Å². The van der Waals surface area contributed by atoms with E-state index in [1.165, 1.54) is 16.4 Å². The number of aromatic nitrogens is 2. The van der Waals surface area contributed by atoms with Crippen molar-refractivity contribution < 1.29 is 0 Å². The smallest absolute Gasteiger partial charge is 0.0769 e. The number of nitrogens with two attached hydrogens (primary N) is 1. The second-order valence-electron chi connectivity index (χ2n) is 3.57. The van der Waals surface area contributed by atoms with E-state index < -0.39 is 0 Å². The number of hydrogen-bond donors (Lipinski definition) is 1. The molecule has 2 N–H and O–H groups in total. The zero-order valence-corrected chi connectivity index (χ0v) is 8.55. The van der Waals surface area contributed by atoms with Crippen molar-refractivity contribution in [3.63, 3.8) is 0 Å². The molecule has 5 heteroatoms. The van der Waals surface area contributed by atoms with Crippen LogP contribution in [0.2, 0.25) is 0 Å². The lowest BCUT2D eigenvalue weighted by atomic mass is 10.3. The summed E-state index contributed by atoms with van der Waals surface area (Å²) in [6, 6.07) is 0.362. The zero-order chi connectivity index (χ0) is 9.26. The number of nitrogens with zero attached hydrogens (tertiary/aromatic N) is 3. The molecule has 1 aromatic rings. The Hall–Kier alpha value is -0.520. The minimum absolute atomic E-state index is 0.362. The van der Waals surface area contributed by atoms with E-state index in [1.807, 2.05) is 6.92 Å². The van der Waals surface area contributed by atoms with Gasteiger partial charge in [-0.25, -0.2) is 0 Å². The molecule has 0 bridgehead atoms. The molecule has 1 aliphatic heterocycles. The summed E-state index contributed by atoms with van der Waals surface area (Å²) in [7, 11) is 0. The first-order valence-electron chi connectivity index (χ1n) is 4.51. The molecule has 0 unspecified atom stereocenters. The third-order valence-electron chi connectivity index (χ3n) is 2.42. The van der Waals surface area contributed by atoms with Crippen LogP contribution in [-0.2, 0) is 6.54 Å². The van der Waals surface area contributed by atoms with Gasteiger partial charge in [0, 0.05) is 25.7 Å². The molecule has 0 aliphatic carbocycles. The van der Waals surface area contributed by atoms with Crippen molar-refractivity contribution in [2.75, 3.05) is 13.1 Å². The van der Waals surface area contributed by atoms with Crippen LogP contribution in [0.1, 0.15) is 17.0 Å². The molecular weight excluding hydrogens is 184 g/mol. The highest BCUT2D eigenvalue weighted by Crippen LogP contribution is 2.16. The summed E-state index contributed by atoms with van der Waals surface area (Å²) in [6.07, 6.45) is 1.12. The summed E-state index contributed by atoms with van der Waals surface area (Å²) in [6.45, 7) is 5.10. The Balaban J connectivity index is 1.95. The van der Waals surface area contributed by atoms with Crippen molar-refractivity contribution in [2.24, 2.45) is 5.73 Å². The molecule has 0 saturated carbocycles. The Morgan fingerprint density at radius 2 is 2.54 bits per heavy atom. The van der Waals surface area contributed by atoms with Crippen molar-refractivity contribution in [2.45, 2.75) is 25.9 Å². The molecule has 1 aromatic heterocycles. The third-order valence-corrected chi connectivity index (χ3v) is 3.23. The molecule has 1 atom stereocenters. The molecule has 4 nitrogen and oxygen atoms in total. The van der Waals surface area contributed by atoms with Gasteiger partial charge in [-0.3, -0.25) is 4.90 Å².